The van der Waals surface area contributed by atoms with Crippen molar-refractivity contribution >= 4 is 41.2 Å². The number of carboxylic acids is 1. The summed E-state index contributed by atoms with van der Waals surface area (Å²) in [7, 11) is 1.55. The molecule has 0 saturated carbocycles. The largest absolute Gasteiger partial charge is 0.496 e. The molecule has 1 heterocycles. The zero-order valence-electron chi connectivity index (χ0n) is 20.3. The summed E-state index contributed by atoms with van der Waals surface area (Å²) in [5, 5.41) is 10.1. The summed E-state index contributed by atoms with van der Waals surface area (Å²) in [6, 6.07) is 14.9. The van der Waals surface area contributed by atoms with Gasteiger partial charge in [-0.25, -0.2) is 4.79 Å². The molecule has 3 aromatic carbocycles. The fourth-order valence-electron chi connectivity index (χ4n) is 4.22. The Bertz CT molecular complexity index is 1400. The molecule has 1 unspecified atom stereocenters. The van der Waals surface area contributed by atoms with E-state index in [-0.39, 0.29) is 22.8 Å². The van der Waals surface area contributed by atoms with Crippen LogP contribution in [0.4, 0.5) is 0 Å². The molecule has 4 rings (SSSR count). The van der Waals surface area contributed by atoms with Crippen molar-refractivity contribution in [1.82, 2.24) is 0 Å². The van der Waals surface area contributed by atoms with E-state index >= 15 is 0 Å². The van der Waals surface area contributed by atoms with Crippen LogP contribution in [0.5, 0.6) is 11.5 Å². The summed E-state index contributed by atoms with van der Waals surface area (Å²) in [6.45, 7) is 2.56. The fraction of sp³-hybridized carbons (Fsp3) is 0.207. The van der Waals surface area contributed by atoms with Gasteiger partial charge in [-0.1, -0.05) is 36.2 Å². The number of carbonyl (C=O) groups is 2. The topological polar surface area (TPSA) is 85.2 Å². The van der Waals surface area contributed by atoms with Crippen LogP contribution in [-0.4, -0.2) is 42.3 Å². The van der Waals surface area contributed by atoms with Crippen LogP contribution in [0.2, 0.25) is 10.0 Å². The molecule has 0 aliphatic carbocycles. The standard InChI is InChI=1S/C29H25Cl2NO5/c1-3-13-37-21-7-8-22(25(31)16-21)27(33)29(11-4-12-32-29)17-20-14-18(6-10-26(20)36-2)23-15-19(28(34)35)5-9-24(23)30/h4-12,14-16H,3,13,17H2,1-2H3,(H,34,35). The van der Waals surface area contributed by atoms with Gasteiger partial charge in [-0.15, -0.1) is 0 Å². The highest BCUT2D eigenvalue weighted by Crippen LogP contribution is 2.37. The van der Waals surface area contributed by atoms with Crippen molar-refractivity contribution in [1.29, 1.82) is 0 Å². The number of benzene rings is 3. The van der Waals surface area contributed by atoms with Crippen molar-refractivity contribution in [2.75, 3.05) is 13.7 Å². The van der Waals surface area contributed by atoms with E-state index in [9.17, 15) is 14.7 Å². The molecule has 0 amide bonds. The van der Waals surface area contributed by atoms with E-state index in [1.165, 1.54) is 12.1 Å². The van der Waals surface area contributed by atoms with Crippen LogP contribution in [0, 0.1) is 0 Å². The summed E-state index contributed by atoms with van der Waals surface area (Å²) in [4.78, 5) is 29.9. The number of Topliss-reactive ketones (excluding diaryl/α,β-unsaturated/α-hetero) is 1. The highest BCUT2D eigenvalue weighted by Gasteiger charge is 2.39. The van der Waals surface area contributed by atoms with Crippen molar-refractivity contribution in [3.05, 3.63) is 93.5 Å². The number of carboxylic acid groups (broad SMARTS) is 1. The Balaban J connectivity index is 1.73. The lowest BCUT2D eigenvalue weighted by atomic mass is 9.83. The Kier molecular flexibility index (Phi) is 8.00. The van der Waals surface area contributed by atoms with Gasteiger partial charge in [0.15, 0.2) is 5.78 Å². The molecule has 0 radical (unpaired) electrons. The van der Waals surface area contributed by atoms with Gasteiger partial charge in [0.25, 0.3) is 0 Å². The monoisotopic (exact) mass is 537 g/mol. The fourth-order valence-corrected chi connectivity index (χ4v) is 4.70. The molecule has 0 saturated heterocycles. The van der Waals surface area contributed by atoms with Crippen LogP contribution in [0.3, 0.4) is 0 Å². The SMILES string of the molecule is CCCOc1ccc(C(=O)C2(Cc3cc(-c4cc(C(=O)O)ccc4Cl)ccc3OC)C=CC=N2)c(Cl)c1. The second-order valence-electron chi connectivity index (χ2n) is 8.58. The smallest absolute Gasteiger partial charge is 0.335 e. The molecule has 1 aliphatic heterocycles. The average Bonchev–Trinajstić information content (AvgIpc) is 3.37. The molecule has 3 aromatic rings. The Labute approximate surface area is 225 Å². The van der Waals surface area contributed by atoms with Gasteiger partial charge in [0.2, 0.25) is 0 Å². The van der Waals surface area contributed by atoms with Gasteiger partial charge in [-0.3, -0.25) is 9.79 Å². The highest BCUT2D eigenvalue weighted by atomic mass is 35.5. The van der Waals surface area contributed by atoms with Crippen molar-refractivity contribution in [3.63, 3.8) is 0 Å². The molecule has 37 heavy (non-hydrogen) atoms. The maximum absolute atomic E-state index is 13.8. The van der Waals surface area contributed by atoms with Gasteiger partial charge in [0, 0.05) is 28.8 Å². The summed E-state index contributed by atoms with van der Waals surface area (Å²) in [5.74, 6) is -0.156. The number of halogens is 2. The molecule has 0 bridgehead atoms. The molecule has 6 nitrogen and oxygen atoms in total. The van der Waals surface area contributed by atoms with E-state index < -0.39 is 11.5 Å². The number of ether oxygens (including phenoxy) is 2. The third-order valence-corrected chi connectivity index (χ3v) is 6.72. The first-order valence-corrected chi connectivity index (χ1v) is 12.4. The van der Waals surface area contributed by atoms with E-state index in [0.29, 0.717) is 45.4 Å². The Hall–Kier alpha value is -3.61. The van der Waals surface area contributed by atoms with E-state index in [0.717, 1.165) is 6.42 Å². The zero-order chi connectivity index (χ0) is 26.6. The van der Waals surface area contributed by atoms with Crippen LogP contribution >= 0.6 is 23.2 Å². The minimum Gasteiger partial charge on any atom is -0.496 e. The second kappa shape index (κ2) is 11.2. The molecular formula is C29H25Cl2NO5. The minimum absolute atomic E-state index is 0.118. The Morgan fingerprint density at radius 1 is 1.03 bits per heavy atom. The number of allylic oxidation sites excluding steroid dienone is 1. The van der Waals surface area contributed by atoms with Crippen molar-refractivity contribution in [3.8, 4) is 22.6 Å². The number of rotatable bonds is 10. The molecule has 1 N–H and O–H groups in total. The number of hydrogen-bond acceptors (Lipinski definition) is 5. The van der Waals surface area contributed by atoms with Crippen LogP contribution in [-0.2, 0) is 6.42 Å². The van der Waals surface area contributed by atoms with E-state index in [4.69, 9.17) is 32.7 Å². The van der Waals surface area contributed by atoms with Gasteiger partial charge in [0.1, 0.15) is 17.0 Å². The number of aromatic carboxylic acids is 1. The molecule has 0 spiro atoms. The van der Waals surface area contributed by atoms with E-state index in [1.807, 2.05) is 13.0 Å². The number of nitrogens with zero attached hydrogens (tertiary/aromatic N) is 1. The molecular weight excluding hydrogens is 513 g/mol. The highest BCUT2D eigenvalue weighted by molar-refractivity contribution is 6.35. The lowest BCUT2D eigenvalue weighted by Crippen LogP contribution is -2.36. The normalized spacial score (nSPS) is 16.1. The van der Waals surface area contributed by atoms with E-state index in [2.05, 4.69) is 4.99 Å². The summed E-state index contributed by atoms with van der Waals surface area (Å²) in [5.41, 5.74) is 1.17. The molecule has 0 aromatic heterocycles. The van der Waals surface area contributed by atoms with Crippen molar-refractivity contribution in [2.45, 2.75) is 25.3 Å². The second-order valence-corrected chi connectivity index (χ2v) is 9.40. The Morgan fingerprint density at radius 2 is 1.84 bits per heavy atom. The number of aliphatic imine (C=N–C) groups is 1. The van der Waals surface area contributed by atoms with E-state index in [1.54, 1.807) is 61.9 Å². The third-order valence-electron chi connectivity index (χ3n) is 6.08. The lowest BCUT2D eigenvalue weighted by molar-refractivity contribution is 0.0696. The first-order chi connectivity index (χ1) is 17.8. The maximum Gasteiger partial charge on any atom is 0.335 e. The van der Waals surface area contributed by atoms with Gasteiger partial charge in [0.05, 0.1) is 24.3 Å². The summed E-state index contributed by atoms with van der Waals surface area (Å²) in [6.07, 6.45) is 6.11. The first kappa shape index (κ1) is 26.5. The van der Waals surface area contributed by atoms with Crippen LogP contribution in [0.25, 0.3) is 11.1 Å². The third kappa shape index (κ3) is 5.55. The van der Waals surface area contributed by atoms with Crippen molar-refractivity contribution in [2.24, 2.45) is 4.99 Å². The Morgan fingerprint density at radius 3 is 2.49 bits per heavy atom. The molecule has 1 atom stereocenters. The quantitative estimate of drug-likeness (QED) is 0.282. The zero-order valence-corrected chi connectivity index (χ0v) is 21.8. The van der Waals surface area contributed by atoms with Crippen LogP contribution in [0.1, 0.15) is 39.6 Å². The molecule has 1 aliphatic rings. The molecule has 190 valence electrons. The minimum atomic E-state index is -1.23. The summed E-state index contributed by atoms with van der Waals surface area (Å²) < 4.78 is 11.2. The predicted molar refractivity (Wildman–Crippen MR) is 146 cm³/mol. The number of hydrogen-bond donors (Lipinski definition) is 1. The molecule has 0 fully saturated rings. The van der Waals surface area contributed by atoms with Crippen molar-refractivity contribution < 1.29 is 24.2 Å². The predicted octanol–water partition coefficient (Wildman–Crippen LogP) is 6.96. The summed E-state index contributed by atoms with van der Waals surface area (Å²) >= 11 is 12.9. The maximum atomic E-state index is 13.8. The number of ketones is 1. The number of carbonyl (C=O) groups excluding carboxylic acids is 1. The van der Waals surface area contributed by atoms with Gasteiger partial charge in [-0.05, 0) is 78.2 Å². The van der Waals surface area contributed by atoms with Crippen LogP contribution in [0.15, 0.2) is 71.7 Å². The number of methoxy groups -OCH3 is 1. The molecule has 8 heteroatoms. The van der Waals surface area contributed by atoms with Gasteiger partial charge < -0.3 is 14.6 Å². The lowest BCUT2D eigenvalue weighted by Gasteiger charge is -2.25. The van der Waals surface area contributed by atoms with Gasteiger partial charge >= 0.3 is 5.97 Å². The van der Waals surface area contributed by atoms with Crippen LogP contribution < -0.4 is 9.47 Å². The van der Waals surface area contributed by atoms with Gasteiger partial charge in [-0.2, -0.15) is 0 Å². The first-order valence-electron chi connectivity index (χ1n) is 11.7. The average molecular weight is 538 g/mol.